The second-order valence-electron chi connectivity index (χ2n) is 2.91. The number of rotatable bonds is 1. The number of ether oxygens (including phenoxy) is 2. The van der Waals surface area contributed by atoms with Crippen LogP contribution in [0, 0.1) is 0 Å². The highest BCUT2D eigenvalue weighted by Gasteiger charge is 2.25. The number of nitrogen functional groups attached to an aromatic ring is 1. The van der Waals surface area contributed by atoms with Crippen molar-refractivity contribution in [1.82, 2.24) is 19.7 Å². The topological polar surface area (TPSA) is 88.1 Å². The monoisotopic (exact) mass is 205 g/mol. The van der Waals surface area contributed by atoms with Crippen LogP contribution in [0.5, 0.6) is 11.6 Å². The number of hydrogen-bond donors (Lipinski definition) is 1. The van der Waals surface area contributed by atoms with Gasteiger partial charge in [-0.2, -0.15) is 4.68 Å². The van der Waals surface area contributed by atoms with E-state index in [0.717, 1.165) is 0 Å². The van der Waals surface area contributed by atoms with Crippen LogP contribution in [0.1, 0.15) is 0 Å². The summed E-state index contributed by atoms with van der Waals surface area (Å²) < 4.78 is 11.9. The molecule has 2 aromatic rings. The molecule has 0 atom stereocenters. The molecular weight excluding hydrogens is 198 g/mol. The van der Waals surface area contributed by atoms with Crippen LogP contribution in [0.15, 0.2) is 18.6 Å². The van der Waals surface area contributed by atoms with Crippen molar-refractivity contribution in [3.05, 3.63) is 18.6 Å². The molecule has 2 N–H and O–H groups in total. The molecule has 0 saturated heterocycles. The van der Waals surface area contributed by atoms with E-state index in [4.69, 9.17) is 15.2 Å². The standard InChI is InChI=1S/C8H7N5O2/c9-7-6-8(15-4-14-6)13(12-7)5-1-2-10-3-11-5/h1-3H,4H2,(H2,9,12). The predicted octanol–water partition coefficient (Wildman–Crippen LogP) is -0.0268. The fourth-order valence-electron chi connectivity index (χ4n) is 1.38. The van der Waals surface area contributed by atoms with E-state index < -0.39 is 0 Å². The summed E-state index contributed by atoms with van der Waals surface area (Å²) in [7, 11) is 0. The van der Waals surface area contributed by atoms with Crippen molar-refractivity contribution in [1.29, 1.82) is 0 Å². The molecule has 76 valence electrons. The lowest BCUT2D eigenvalue weighted by Crippen LogP contribution is -2.05. The largest absolute Gasteiger partial charge is 0.448 e. The van der Waals surface area contributed by atoms with Crippen LogP contribution in [-0.4, -0.2) is 26.5 Å². The van der Waals surface area contributed by atoms with Gasteiger partial charge in [-0.3, -0.25) is 0 Å². The first kappa shape index (κ1) is 8.04. The summed E-state index contributed by atoms with van der Waals surface area (Å²) in [5, 5.41) is 4.06. The van der Waals surface area contributed by atoms with Crippen molar-refractivity contribution in [3.8, 4) is 17.4 Å². The maximum absolute atomic E-state index is 5.65. The number of aromatic nitrogens is 4. The normalized spacial score (nSPS) is 13.1. The summed E-state index contributed by atoms with van der Waals surface area (Å²) in [4.78, 5) is 7.85. The van der Waals surface area contributed by atoms with Crippen molar-refractivity contribution >= 4 is 5.82 Å². The van der Waals surface area contributed by atoms with Gasteiger partial charge in [0.1, 0.15) is 6.33 Å². The summed E-state index contributed by atoms with van der Waals surface area (Å²) in [5.41, 5.74) is 5.65. The first-order valence-corrected chi connectivity index (χ1v) is 4.27. The Morgan fingerprint density at radius 2 is 2.33 bits per heavy atom. The fraction of sp³-hybridized carbons (Fsp3) is 0.125. The molecule has 0 amide bonds. The zero-order valence-electron chi connectivity index (χ0n) is 7.62. The van der Waals surface area contributed by atoms with Crippen molar-refractivity contribution in [2.24, 2.45) is 0 Å². The van der Waals surface area contributed by atoms with Crippen LogP contribution in [0.3, 0.4) is 0 Å². The van der Waals surface area contributed by atoms with Gasteiger partial charge in [0.15, 0.2) is 11.6 Å². The molecule has 2 aromatic heterocycles. The Balaban J connectivity index is 2.18. The van der Waals surface area contributed by atoms with Gasteiger partial charge in [-0.05, 0) is 0 Å². The average molecular weight is 205 g/mol. The summed E-state index contributed by atoms with van der Waals surface area (Å²) in [6, 6.07) is 1.70. The number of hydrogen-bond acceptors (Lipinski definition) is 6. The molecule has 0 bridgehead atoms. The zero-order valence-corrected chi connectivity index (χ0v) is 7.62. The van der Waals surface area contributed by atoms with E-state index in [9.17, 15) is 0 Å². The smallest absolute Gasteiger partial charge is 0.267 e. The third-order valence-corrected chi connectivity index (χ3v) is 2.01. The molecule has 1 aliphatic rings. The fourth-order valence-corrected chi connectivity index (χ4v) is 1.38. The first-order chi connectivity index (χ1) is 7.36. The van der Waals surface area contributed by atoms with Gasteiger partial charge in [-0.15, -0.1) is 5.10 Å². The van der Waals surface area contributed by atoms with E-state index in [1.54, 1.807) is 12.3 Å². The van der Waals surface area contributed by atoms with Gasteiger partial charge >= 0.3 is 0 Å². The molecule has 3 heterocycles. The van der Waals surface area contributed by atoms with Gasteiger partial charge in [0.05, 0.1) is 0 Å². The van der Waals surface area contributed by atoms with Gasteiger partial charge in [-0.25, -0.2) is 9.97 Å². The second-order valence-corrected chi connectivity index (χ2v) is 2.91. The van der Waals surface area contributed by atoms with E-state index in [1.807, 2.05) is 0 Å². The predicted molar refractivity (Wildman–Crippen MR) is 49.7 cm³/mol. The van der Waals surface area contributed by atoms with Gasteiger partial charge in [0.25, 0.3) is 5.88 Å². The lowest BCUT2D eigenvalue weighted by molar-refractivity contribution is 0.166. The Labute approximate surface area is 84.5 Å². The lowest BCUT2D eigenvalue weighted by Gasteiger charge is -2.01. The van der Waals surface area contributed by atoms with Crippen molar-refractivity contribution in [2.45, 2.75) is 0 Å². The third-order valence-electron chi connectivity index (χ3n) is 2.01. The number of nitrogens with zero attached hydrogens (tertiary/aromatic N) is 4. The molecule has 15 heavy (non-hydrogen) atoms. The van der Waals surface area contributed by atoms with E-state index in [0.29, 0.717) is 23.3 Å². The molecule has 0 radical (unpaired) electrons. The summed E-state index contributed by atoms with van der Waals surface area (Å²) in [6.07, 6.45) is 3.04. The molecule has 3 rings (SSSR count). The number of anilines is 1. The van der Waals surface area contributed by atoms with E-state index in [2.05, 4.69) is 15.1 Å². The highest BCUT2D eigenvalue weighted by molar-refractivity contribution is 5.56. The van der Waals surface area contributed by atoms with Gasteiger partial charge in [0, 0.05) is 12.3 Å². The SMILES string of the molecule is Nc1nn(-c2ccncn2)c2c1OCO2. The molecular formula is C8H7N5O2. The van der Waals surface area contributed by atoms with Crippen molar-refractivity contribution in [3.63, 3.8) is 0 Å². The number of fused-ring (bicyclic) bond motifs is 1. The van der Waals surface area contributed by atoms with Crippen LogP contribution in [-0.2, 0) is 0 Å². The molecule has 0 aromatic carbocycles. The Bertz CT molecular complexity index is 495. The van der Waals surface area contributed by atoms with Crippen LogP contribution in [0.2, 0.25) is 0 Å². The molecule has 0 unspecified atom stereocenters. The molecule has 0 fully saturated rings. The van der Waals surface area contributed by atoms with Crippen LogP contribution in [0.25, 0.3) is 5.82 Å². The highest BCUT2D eigenvalue weighted by atomic mass is 16.7. The molecule has 7 nitrogen and oxygen atoms in total. The minimum atomic E-state index is 0.155. The van der Waals surface area contributed by atoms with Gasteiger partial charge < -0.3 is 15.2 Å². The quantitative estimate of drug-likeness (QED) is 0.703. The maximum atomic E-state index is 5.65. The summed E-state index contributed by atoms with van der Waals surface area (Å²) in [5.74, 6) is 1.82. The van der Waals surface area contributed by atoms with Crippen molar-refractivity contribution < 1.29 is 9.47 Å². The summed E-state index contributed by atoms with van der Waals surface area (Å²) in [6.45, 7) is 0.155. The molecule has 1 aliphatic heterocycles. The summed E-state index contributed by atoms with van der Waals surface area (Å²) >= 11 is 0. The Morgan fingerprint density at radius 1 is 1.40 bits per heavy atom. The third kappa shape index (κ3) is 1.09. The van der Waals surface area contributed by atoms with Gasteiger partial charge in [0.2, 0.25) is 12.5 Å². The first-order valence-electron chi connectivity index (χ1n) is 4.27. The lowest BCUT2D eigenvalue weighted by atomic mass is 10.5. The molecule has 0 saturated carbocycles. The molecule has 7 heteroatoms. The second kappa shape index (κ2) is 2.84. The average Bonchev–Trinajstić information content (AvgIpc) is 2.84. The minimum absolute atomic E-state index is 0.155. The molecule has 0 aliphatic carbocycles. The van der Waals surface area contributed by atoms with E-state index in [1.165, 1.54) is 11.0 Å². The maximum Gasteiger partial charge on any atom is 0.267 e. The molecule has 0 spiro atoms. The van der Waals surface area contributed by atoms with Crippen LogP contribution < -0.4 is 15.2 Å². The van der Waals surface area contributed by atoms with Crippen LogP contribution >= 0.6 is 0 Å². The van der Waals surface area contributed by atoms with Crippen molar-refractivity contribution in [2.75, 3.05) is 12.5 Å². The van der Waals surface area contributed by atoms with E-state index >= 15 is 0 Å². The highest BCUT2D eigenvalue weighted by Crippen LogP contribution is 2.38. The van der Waals surface area contributed by atoms with Gasteiger partial charge in [-0.1, -0.05) is 0 Å². The zero-order chi connectivity index (χ0) is 10.3. The minimum Gasteiger partial charge on any atom is -0.448 e. The van der Waals surface area contributed by atoms with E-state index in [-0.39, 0.29) is 6.79 Å². The van der Waals surface area contributed by atoms with Crippen LogP contribution in [0.4, 0.5) is 5.82 Å². The number of nitrogens with two attached hydrogens (primary N) is 1. The Hall–Kier alpha value is -2.31. The Morgan fingerprint density at radius 3 is 3.13 bits per heavy atom. The Kier molecular flexibility index (Phi) is 1.52.